The summed E-state index contributed by atoms with van der Waals surface area (Å²) in [6, 6.07) is 8.99. The zero-order valence-electron chi connectivity index (χ0n) is 18.3. The number of nitrogens with one attached hydrogen (secondary N) is 1. The van der Waals surface area contributed by atoms with Crippen molar-refractivity contribution in [1.29, 1.82) is 0 Å². The molecule has 33 heavy (non-hydrogen) atoms. The number of piperidine rings is 2. The van der Waals surface area contributed by atoms with Crippen LogP contribution in [-0.2, 0) is 4.79 Å². The predicted molar refractivity (Wildman–Crippen MR) is 130 cm³/mol. The molecule has 2 aliphatic rings. The SMILES string of the molecule is O=C(c1ccc(Cl)c(Cl)c1)N1CCCC(C(=O)N2CCC(c3c[nH]c4ncccc34)CC2)C1. The third kappa shape index (κ3) is 4.46. The van der Waals surface area contributed by atoms with Gasteiger partial charge in [0, 0.05) is 49.5 Å². The molecule has 2 aromatic heterocycles. The van der Waals surface area contributed by atoms with Crippen molar-refractivity contribution in [2.45, 2.75) is 31.6 Å². The van der Waals surface area contributed by atoms with Crippen LogP contribution < -0.4 is 0 Å². The van der Waals surface area contributed by atoms with Crippen LogP contribution in [0.15, 0.2) is 42.7 Å². The van der Waals surface area contributed by atoms with Crippen LogP contribution in [-0.4, -0.2) is 57.8 Å². The molecular weight excluding hydrogens is 459 g/mol. The van der Waals surface area contributed by atoms with Crippen molar-refractivity contribution in [3.8, 4) is 0 Å². The Morgan fingerprint density at radius 1 is 1.00 bits per heavy atom. The van der Waals surface area contributed by atoms with E-state index >= 15 is 0 Å². The lowest BCUT2D eigenvalue weighted by atomic mass is 9.88. The Morgan fingerprint density at radius 3 is 2.61 bits per heavy atom. The smallest absolute Gasteiger partial charge is 0.253 e. The Morgan fingerprint density at radius 2 is 1.82 bits per heavy atom. The highest BCUT2D eigenvalue weighted by atomic mass is 35.5. The molecule has 172 valence electrons. The minimum Gasteiger partial charge on any atom is -0.346 e. The molecule has 5 rings (SSSR count). The Hall–Kier alpha value is -2.57. The van der Waals surface area contributed by atoms with E-state index in [4.69, 9.17) is 23.2 Å². The van der Waals surface area contributed by atoms with Gasteiger partial charge in [-0.2, -0.15) is 0 Å². The molecule has 2 amide bonds. The van der Waals surface area contributed by atoms with E-state index in [1.54, 1.807) is 29.3 Å². The van der Waals surface area contributed by atoms with Gasteiger partial charge < -0.3 is 14.8 Å². The normalized spacial score (nSPS) is 19.8. The number of carbonyl (C=O) groups excluding carboxylic acids is 2. The number of benzene rings is 1. The summed E-state index contributed by atoms with van der Waals surface area (Å²) in [5, 5.41) is 1.96. The number of hydrogen-bond donors (Lipinski definition) is 1. The van der Waals surface area contributed by atoms with E-state index < -0.39 is 0 Å². The molecule has 0 radical (unpaired) electrons. The predicted octanol–water partition coefficient (Wildman–Crippen LogP) is 5.13. The van der Waals surface area contributed by atoms with Gasteiger partial charge in [-0.15, -0.1) is 0 Å². The molecule has 1 atom stereocenters. The van der Waals surface area contributed by atoms with Gasteiger partial charge in [-0.25, -0.2) is 4.98 Å². The van der Waals surface area contributed by atoms with Crippen LogP contribution in [0.25, 0.3) is 11.0 Å². The summed E-state index contributed by atoms with van der Waals surface area (Å²) in [4.78, 5) is 37.7. The Kier molecular flexibility index (Phi) is 6.30. The van der Waals surface area contributed by atoms with Crippen molar-refractivity contribution >= 4 is 46.0 Å². The highest BCUT2D eigenvalue weighted by Crippen LogP contribution is 2.33. The molecular formula is C25H26Cl2N4O2. The van der Waals surface area contributed by atoms with Gasteiger partial charge in [0.25, 0.3) is 5.91 Å². The summed E-state index contributed by atoms with van der Waals surface area (Å²) in [5.41, 5.74) is 2.72. The van der Waals surface area contributed by atoms with Gasteiger partial charge in [0.2, 0.25) is 5.91 Å². The molecule has 2 aliphatic heterocycles. The number of carbonyl (C=O) groups is 2. The maximum absolute atomic E-state index is 13.3. The van der Waals surface area contributed by atoms with Gasteiger partial charge in [-0.1, -0.05) is 23.2 Å². The average Bonchev–Trinajstić information content (AvgIpc) is 3.29. The molecule has 6 nitrogen and oxygen atoms in total. The number of rotatable bonds is 3. The maximum atomic E-state index is 13.3. The standard InChI is InChI=1S/C25H26Cl2N4O2/c26-21-6-5-17(13-22(21)27)24(32)31-10-2-3-18(15-31)25(33)30-11-7-16(8-12-30)20-14-29-23-19(20)4-1-9-28-23/h1,4-6,9,13-14,16,18H,2-3,7-8,10-12,15H2,(H,28,29). The zero-order chi connectivity index (χ0) is 22.9. The first-order chi connectivity index (χ1) is 16.0. The Balaban J connectivity index is 1.21. The third-order valence-corrected chi connectivity index (χ3v) is 7.69. The molecule has 8 heteroatoms. The average molecular weight is 485 g/mol. The van der Waals surface area contributed by atoms with Gasteiger partial charge in [0.1, 0.15) is 5.65 Å². The van der Waals surface area contributed by atoms with E-state index in [0.29, 0.717) is 34.6 Å². The van der Waals surface area contributed by atoms with Crippen LogP contribution in [0.4, 0.5) is 0 Å². The van der Waals surface area contributed by atoms with E-state index in [1.807, 2.05) is 11.0 Å². The Bertz CT molecular complexity index is 1190. The number of amides is 2. The van der Waals surface area contributed by atoms with Crippen LogP contribution in [0.1, 0.15) is 47.5 Å². The largest absolute Gasteiger partial charge is 0.346 e. The highest BCUT2D eigenvalue weighted by Gasteiger charge is 2.34. The number of H-pyrrole nitrogens is 1. The number of hydrogen-bond acceptors (Lipinski definition) is 3. The minimum absolute atomic E-state index is 0.0993. The second kappa shape index (κ2) is 9.35. The summed E-state index contributed by atoms with van der Waals surface area (Å²) in [5.74, 6) is 0.337. The summed E-state index contributed by atoms with van der Waals surface area (Å²) < 4.78 is 0. The first-order valence-electron chi connectivity index (χ1n) is 11.5. The fraction of sp³-hybridized carbons (Fsp3) is 0.400. The van der Waals surface area contributed by atoms with Crippen molar-refractivity contribution in [1.82, 2.24) is 19.8 Å². The number of nitrogens with zero attached hydrogens (tertiary/aromatic N) is 3. The molecule has 3 aromatic rings. The van der Waals surface area contributed by atoms with E-state index in [1.165, 1.54) is 10.9 Å². The lowest BCUT2D eigenvalue weighted by Gasteiger charge is -2.38. The molecule has 0 saturated carbocycles. The second-order valence-corrected chi connectivity index (χ2v) is 9.78. The Labute approximate surface area is 202 Å². The van der Waals surface area contributed by atoms with Gasteiger partial charge in [0.15, 0.2) is 0 Å². The topological polar surface area (TPSA) is 69.3 Å². The minimum atomic E-state index is -0.153. The van der Waals surface area contributed by atoms with E-state index in [9.17, 15) is 9.59 Å². The van der Waals surface area contributed by atoms with Crippen LogP contribution >= 0.6 is 23.2 Å². The van der Waals surface area contributed by atoms with Crippen molar-refractivity contribution < 1.29 is 9.59 Å². The summed E-state index contributed by atoms with van der Waals surface area (Å²) in [6.07, 6.45) is 7.37. The van der Waals surface area contributed by atoms with Crippen LogP contribution in [0.2, 0.25) is 10.0 Å². The van der Waals surface area contributed by atoms with Gasteiger partial charge in [-0.3, -0.25) is 9.59 Å². The molecule has 2 fully saturated rings. The number of fused-ring (bicyclic) bond motifs is 1. The highest BCUT2D eigenvalue weighted by molar-refractivity contribution is 6.42. The molecule has 0 bridgehead atoms. The molecule has 0 aliphatic carbocycles. The maximum Gasteiger partial charge on any atom is 0.253 e. The van der Waals surface area contributed by atoms with E-state index in [0.717, 1.165) is 44.4 Å². The van der Waals surface area contributed by atoms with E-state index in [-0.39, 0.29) is 17.7 Å². The number of halogens is 2. The molecule has 4 heterocycles. The first-order valence-corrected chi connectivity index (χ1v) is 12.2. The molecule has 1 unspecified atom stereocenters. The fourth-order valence-electron chi connectivity index (χ4n) is 5.16. The number of aromatic nitrogens is 2. The van der Waals surface area contributed by atoms with Gasteiger partial charge in [0.05, 0.1) is 16.0 Å². The summed E-state index contributed by atoms with van der Waals surface area (Å²) in [7, 11) is 0. The lowest BCUT2D eigenvalue weighted by molar-refractivity contribution is -0.138. The second-order valence-electron chi connectivity index (χ2n) is 8.96. The van der Waals surface area contributed by atoms with Gasteiger partial charge in [-0.05, 0) is 67.5 Å². The quantitative estimate of drug-likeness (QED) is 0.560. The van der Waals surface area contributed by atoms with E-state index in [2.05, 4.69) is 22.2 Å². The summed E-state index contributed by atoms with van der Waals surface area (Å²) >= 11 is 12.1. The molecule has 1 aromatic carbocycles. The van der Waals surface area contributed by atoms with Crippen molar-refractivity contribution in [2.75, 3.05) is 26.2 Å². The zero-order valence-corrected chi connectivity index (χ0v) is 19.8. The van der Waals surface area contributed by atoms with Crippen molar-refractivity contribution in [2.24, 2.45) is 5.92 Å². The number of aromatic amines is 1. The third-order valence-electron chi connectivity index (χ3n) is 6.95. The van der Waals surface area contributed by atoms with Crippen LogP contribution in [0.5, 0.6) is 0 Å². The van der Waals surface area contributed by atoms with Crippen molar-refractivity contribution in [3.05, 3.63) is 63.9 Å². The van der Waals surface area contributed by atoms with Crippen LogP contribution in [0, 0.1) is 5.92 Å². The summed E-state index contributed by atoms with van der Waals surface area (Å²) in [6.45, 7) is 2.59. The van der Waals surface area contributed by atoms with Crippen LogP contribution in [0.3, 0.4) is 0 Å². The fourth-order valence-corrected chi connectivity index (χ4v) is 5.46. The van der Waals surface area contributed by atoms with Gasteiger partial charge >= 0.3 is 0 Å². The molecule has 1 N–H and O–H groups in total. The monoisotopic (exact) mass is 484 g/mol. The molecule has 2 saturated heterocycles. The first kappa shape index (κ1) is 22.2. The van der Waals surface area contributed by atoms with Crippen molar-refractivity contribution in [3.63, 3.8) is 0 Å². The molecule has 0 spiro atoms. The number of pyridine rings is 1. The number of likely N-dealkylation sites (tertiary alicyclic amines) is 2. The lowest BCUT2D eigenvalue weighted by Crippen LogP contribution is -2.48.